The van der Waals surface area contributed by atoms with Gasteiger partial charge in [0.15, 0.2) is 5.78 Å². The number of likely N-dealkylation sites (N-methyl/N-ethyl adjacent to an activating group) is 1. The lowest BCUT2D eigenvalue weighted by Gasteiger charge is -2.28. The van der Waals surface area contributed by atoms with Gasteiger partial charge in [0, 0.05) is 6.92 Å². The van der Waals surface area contributed by atoms with Crippen LogP contribution in [0.4, 0.5) is 0 Å². The number of unbranched alkanes of at least 4 members (excludes halogenated alkanes) is 9. The van der Waals surface area contributed by atoms with Gasteiger partial charge in [-0.25, -0.2) is 0 Å². The van der Waals surface area contributed by atoms with E-state index in [1.54, 1.807) is 6.92 Å². The third-order valence-electron chi connectivity index (χ3n) is 3.77. The SMILES string of the molecule is CCCCCCCCCCCC[N+](C)(C)CC(C)=O.[Br-]. The first-order chi connectivity index (χ1) is 8.98. The molecule has 0 aromatic rings. The van der Waals surface area contributed by atoms with E-state index in [4.69, 9.17) is 0 Å². The maximum atomic E-state index is 11.1. The summed E-state index contributed by atoms with van der Waals surface area (Å²) >= 11 is 0. The fraction of sp³-hybridized carbons (Fsp3) is 0.941. The molecule has 0 rings (SSSR count). The molecule has 0 N–H and O–H groups in total. The van der Waals surface area contributed by atoms with Crippen LogP contribution in [0.25, 0.3) is 0 Å². The summed E-state index contributed by atoms with van der Waals surface area (Å²) in [5.74, 6) is 0.303. The van der Waals surface area contributed by atoms with Crippen LogP contribution in [-0.4, -0.2) is 37.5 Å². The van der Waals surface area contributed by atoms with Crippen molar-refractivity contribution in [1.82, 2.24) is 0 Å². The molecule has 0 aliphatic carbocycles. The molecule has 0 saturated heterocycles. The molecule has 122 valence electrons. The Labute approximate surface area is 137 Å². The van der Waals surface area contributed by atoms with E-state index in [9.17, 15) is 4.79 Å². The summed E-state index contributed by atoms with van der Waals surface area (Å²) in [6.07, 6.45) is 13.8. The molecule has 0 spiro atoms. The van der Waals surface area contributed by atoms with Gasteiger partial charge in [-0.05, 0) is 12.8 Å². The number of quaternary nitrogens is 1. The molecule has 0 aliphatic heterocycles. The zero-order valence-electron chi connectivity index (χ0n) is 14.2. The number of nitrogens with zero attached hydrogens (tertiary/aromatic N) is 1. The maximum absolute atomic E-state index is 11.1. The number of Topliss-reactive ketones (excluding diaryl/α,β-unsaturated/α-hetero) is 1. The lowest BCUT2D eigenvalue weighted by atomic mass is 10.1. The summed E-state index contributed by atoms with van der Waals surface area (Å²) in [5, 5.41) is 0. The van der Waals surface area contributed by atoms with Gasteiger partial charge in [0.1, 0.15) is 6.54 Å². The van der Waals surface area contributed by atoms with E-state index in [2.05, 4.69) is 21.0 Å². The Morgan fingerprint density at radius 3 is 1.60 bits per heavy atom. The van der Waals surface area contributed by atoms with Crippen LogP contribution < -0.4 is 17.0 Å². The highest BCUT2D eigenvalue weighted by atomic mass is 79.9. The minimum atomic E-state index is 0. The second kappa shape index (κ2) is 14.1. The highest BCUT2D eigenvalue weighted by Gasteiger charge is 2.16. The van der Waals surface area contributed by atoms with Gasteiger partial charge in [-0.3, -0.25) is 4.79 Å². The molecule has 0 saturated carbocycles. The second-order valence-corrected chi connectivity index (χ2v) is 6.70. The third kappa shape index (κ3) is 16.2. The summed E-state index contributed by atoms with van der Waals surface area (Å²) < 4.78 is 0.854. The van der Waals surface area contributed by atoms with Crippen LogP contribution >= 0.6 is 0 Å². The summed E-state index contributed by atoms with van der Waals surface area (Å²) in [6, 6.07) is 0. The Morgan fingerprint density at radius 2 is 1.20 bits per heavy atom. The lowest BCUT2D eigenvalue weighted by Crippen LogP contribution is -3.00. The highest BCUT2D eigenvalue weighted by Crippen LogP contribution is 2.11. The summed E-state index contributed by atoms with van der Waals surface area (Å²) in [7, 11) is 4.32. The zero-order chi connectivity index (χ0) is 14.6. The van der Waals surface area contributed by atoms with Crippen LogP contribution in [0.1, 0.15) is 78.1 Å². The van der Waals surface area contributed by atoms with Gasteiger partial charge in [-0.2, -0.15) is 0 Å². The average Bonchev–Trinajstić information content (AvgIpc) is 2.30. The Morgan fingerprint density at radius 1 is 0.800 bits per heavy atom. The molecule has 0 atom stereocenters. The van der Waals surface area contributed by atoms with Crippen molar-refractivity contribution in [3.63, 3.8) is 0 Å². The summed E-state index contributed by atoms with van der Waals surface area (Å²) in [6.45, 7) is 5.78. The standard InChI is InChI=1S/C17H36NO.BrH/c1-5-6-7-8-9-10-11-12-13-14-15-18(3,4)16-17(2)19;/h5-16H2,1-4H3;1H/q+1;/p-1. The Bertz CT molecular complexity index is 229. The van der Waals surface area contributed by atoms with Crippen molar-refractivity contribution in [1.29, 1.82) is 0 Å². The molecule has 3 heteroatoms. The summed E-state index contributed by atoms with van der Waals surface area (Å²) in [4.78, 5) is 11.1. The van der Waals surface area contributed by atoms with Gasteiger partial charge in [0.25, 0.3) is 0 Å². The summed E-state index contributed by atoms with van der Waals surface area (Å²) in [5.41, 5.74) is 0. The topological polar surface area (TPSA) is 17.1 Å². The van der Waals surface area contributed by atoms with Crippen LogP contribution in [0.15, 0.2) is 0 Å². The van der Waals surface area contributed by atoms with Gasteiger partial charge < -0.3 is 21.5 Å². The monoisotopic (exact) mass is 349 g/mol. The molecule has 0 amide bonds. The van der Waals surface area contributed by atoms with Crippen LogP contribution in [0.2, 0.25) is 0 Å². The van der Waals surface area contributed by atoms with E-state index in [1.807, 2.05) is 0 Å². The van der Waals surface area contributed by atoms with Crippen molar-refractivity contribution in [2.75, 3.05) is 27.2 Å². The fourth-order valence-corrected chi connectivity index (χ4v) is 2.71. The lowest BCUT2D eigenvalue weighted by molar-refractivity contribution is -0.882. The number of carbonyl (C=O) groups is 1. The van der Waals surface area contributed by atoms with Gasteiger partial charge in [0.2, 0.25) is 0 Å². The third-order valence-corrected chi connectivity index (χ3v) is 3.77. The number of ketones is 1. The van der Waals surface area contributed by atoms with E-state index in [-0.39, 0.29) is 17.0 Å². The van der Waals surface area contributed by atoms with Crippen LogP contribution in [0, 0.1) is 0 Å². The number of rotatable bonds is 13. The second-order valence-electron chi connectivity index (χ2n) is 6.70. The Kier molecular flexibility index (Phi) is 15.7. The molecular formula is C17H36BrNO. The number of hydrogen-bond donors (Lipinski definition) is 0. The molecule has 0 aromatic carbocycles. The van der Waals surface area contributed by atoms with Gasteiger partial charge in [-0.15, -0.1) is 0 Å². The molecule has 0 aromatic heterocycles. The smallest absolute Gasteiger partial charge is 0.183 e. The minimum absolute atomic E-state index is 0. The van der Waals surface area contributed by atoms with Crippen LogP contribution in [0.3, 0.4) is 0 Å². The molecule has 0 aliphatic rings. The van der Waals surface area contributed by atoms with Gasteiger partial charge in [0.05, 0.1) is 20.6 Å². The predicted molar refractivity (Wildman–Crippen MR) is 84.4 cm³/mol. The Hall–Kier alpha value is 0.110. The molecule has 0 bridgehead atoms. The van der Waals surface area contributed by atoms with Crippen LogP contribution in [0.5, 0.6) is 0 Å². The number of halogens is 1. The largest absolute Gasteiger partial charge is 1.00 e. The molecular weight excluding hydrogens is 314 g/mol. The minimum Gasteiger partial charge on any atom is -1.00 e. The van der Waals surface area contributed by atoms with E-state index in [0.717, 1.165) is 11.0 Å². The van der Waals surface area contributed by atoms with Crippen molar-refractivity contribution in [2.45, 2.75) is 78.1 Å². The van der Waals surface area contributed by atoms with E-state index in [0.29, 0.717) is 12.3 Å². The van der Waals surface area contributed by atoms with Crippen molar-refractivity contribution >= 4 is 5.78 Å². The fourth-order valence-electron chi connectivity index (χ4n) is 2.71. The molecule has 0 unspecified atom stereocenters. The van der Waals surface area contributed by atoms with Crippen molar-refractivity contribution < 1.29 is 26.3 Å². The van der Waals surface area contributed by atoms with E-state index < -0.39 is 0 Å². The number of carbonyl (C=O) groups excluding carboxylic acids is 1. The molecule has 0 fully saturated rings. The maximum Gasteiger partial charge on any atom is 0.183 e. The van der Waals surface area contributed by atoms with E-state index >= 15 is 0 Å². The first-order valence-corrected chi connectivity index (χ1v) is 8.29. The molecule has 0 radical (unpaired) electrons. The van der Waals surface area contributed by atoms with Crippen LogP contribution in [-0.2, 0) is 4.79 Å². The normalized spacial score (nSPS) is 11.2. The van der Waals surface area contributed by atoms with Crippen molar-refractivity contribution in [2.24, 2.45) is 0 Å². The predicted octanol–water partition coefficient (Wildman–Crippen LogP) is 1.58. The molecule has 2 nitrogen and oxygen atoms in total. The highest BCUT2D eigenvalue weighted by molar-refractivity contribution is 5.76. The van der Waals surface area contributed by atoms with Crippen molar-refractivity contribution in [3.05, 3.63) is 0 Å². The zero-order valence-corrected chi connectivity index (χ0v) is 15.8. The average molecular weight is 350 g/mol. The first-order valence-electron chi connectivity index (χ1n) is 8.29. The van der Waals surface area contributed by atoms with Gasteiger partial charge >= 0.3 is 0 Å². The quantitative estimate of drug-likeness (QED) is 0.364. The number of hydrogen-bond acceptors (Lipinski definition) is 1. The van der Waals surface area contributed by atoms with E-state index in [1.165, 1.54) is 64.2 Å². The van der Waals surface area contributed by atoms with Crippen molar-refractivity contribution in [3.8, 4) is 0 Å². The Balaban J connectivity index is 0. The molecule has 0 heterocycles. The molecule has 20 heavy (non-hydrogen) atoms. The first kappa shape index (κ1) is 22.4. The van der Waals surface area contributed by atoms with Gasteiger partial charge in [-0.1, -0.05) is 58.3 Å².